The molecule has 0 fully saturated rings. The van der Waals surface area contributed by atoms with Crippen molar-refractivity contribution >= 4 is 0 Å². The van der Waals surface area contributed by atoms with E-state index in [1.165, 1.54) is 22.3 Å². The van der Waals surface area contributed by atoms with E-state index in [1.807, 2.05) is 6.07 Å². The van der Waals surface area contributed by atoms with Crippen LogP contribution in [0.15, 0.2) is 36.4 Å². The molecule has 0 spiro atoms. The average molecular weight is 485 g/mol. The summed E-state index contributed by atoms with van der Waals surface area (Å²) in [5.74, 6) is 0.793. The Balaban J connectivity index is 2.25. The van der Waals surface area contributed by atoms with E-state index in [4.69, 9.17) is 9.84 Å². The molecule has 0 saturated heterocycles. The summed E-state index contributed by atoms with van der Waals surface area (Å²) in [6, 6.07) is 13.3. The predicted molar refractivity (Wildman–Crippen MR) is 145 cm³/mol. The topological polar surface area (TPSA) is 69.9 Å². The first kappa shape index (κ1) is 29.4. The average Bonchev–Trinajstić information content (AvgIpc) is 2.82. The molecule has 1 unspecified atom stereocenters. The second-order valence-corrected chi connectivity index (χ2v) is 11.2. The van der Waals surface area contributed by atoms with E-state index >= 15 is 0 Å². The van der Waals surface area contributed by atoms with Gasteiger partial charge in [0.25, 0.3) is 0 Å². The fourth-order valence-corrected chi connectivity index (χ4v) is 4.94. The van der Waals surface area contributed by atoms with Crippen LogP contribution in [0.5, 0.6) is 5.75 Å². The van der Waals surface area contributed by atoms with Crippen LogP contribution in [-0.2, 0) is 11.8 Å². The van der Waals surface area contributed by atoms with E-state index in [2.05, 4.69) is 78.8 Å². The van der Waals surface area contributed by atoms with Crippen LogP contribution >= 0.6 is 0 Å². The molecule has 2 rings (SSSR count). The molecule has 0 amide bonds. The molecule has 35 heavy (non-hydrogen) atoms. The highest BCUT2D eigenvalue weighted by atomic mass is 16.5. The van der Waals surface area contributed by atoms with E-state index in [0.29, 0.717) is 12.8 Å². The summed E-state index contributed by atoms with van der Waals surface area (Å²) in [7, 11) is 0. The first-order valence-corrected chi connectivity index (χ1v) is 13.3. The van der Waals surface area contributed by atoms with Crippen molar-refractivity contribution in [1.82, 2.24) is 0 Å². The molecule has 4 nitrogen and oxygen atoms in total. The number of benzene rings is 2. The molecule has 0 aliphatic carbocycles. The number of aliphatic hydroxyl groups excluding tert-OH is 3. The summed E-state index contributed by atoms with van der Waals surface area (Å²) in [4.78, 5) is 0. The fraction of sp³-hybridized carbons (Fsp3) is 0.613. The van der Waals surface area contributed by atoms with E-state index < -0.39 is 6.10 Å². The van der Waals surface area contributed by atoms with E-state index in [0.717, 1.165) is 37.0 Å². The zero-order valence-electron chi connectivity index (χ0n) is 23.0. The summed E-state index contributed by atoms with van der Waals surface area (Å²) in [5, 5.41) is 29.5. The van der Waals surface area contributed by atoms with Gasteiger partial charge in [0.1, 0.15) is 12.4 Å². The van der Waals surface area contributed by atoms with Gasteiger partial charge in [-0.15, -0.1) is 0 Å². The minimum absolute atomic E-state index is 0.0836. The number of aliphatic hydroxyl groups is 3. The Labute approximate surface area is 213 Å². The summed E-state index contributed by atoms with van der Waals surface area (Å²) in [6.45, 7) is 15.3. The number of hydrogen-bond acceptors (Lipinski definition) is 4. The van der Waals surface area contributed by atoms with Crippen molar-refractivity contribution in [1.29, 1.82) is 0 Å². The van der Waals surface area contributed by atoms with Gasteiger partial charge in [0, 0.05) is 12.0 Å². The van der Waals surface area contributed by atoms with Crippen LogP contribution in [0, 0.1) is 19.3 Å². The summed E-state index contributed by atoms with van der Waals surface area (Å²) in [6.07, 6.45) is 3.86. The zero-order chi connectivity index (χ0) is 26.2. The molecule has 2 aromatic carbocycles. The molecule has 0 heterocycles. The number of rotatable bonds is 13. The van der Waals surface area contributed by atoms with Crippen LogP contribution in [0.25, 0.3) is 0 Å². The molecule has 0 radical (unpaired) electrons. The summed E-state index contributed by atoms with van der Waals surface area (Å²) < 4.78 is 5.89. The van der Waals surface area contributed by atoms with Crippen molar-refractivity contribution in [3.8, 4) is 5.75 Å². The molecule has 3 N–H and O–H groups in total. The Kier molecular flexibility index (Phi) is 10.8. The maximum atomic E-state index is 10.5. The van der Waals surface area contributed by atoms with Gasteiger partial charge in [-0.2, -0.15) is 0 Å². The molecule has 0 aliphatic rings. The van der Waals surface area contributed by atoms with Gasteiger partial charge in [0.15, 0.2) is 0 Å². The molecular formula is C31H48O4. The van der Waals surface area contributed by atoms with Crippen molar-refractivity contribution in [3.05, 3.63) is 64.2 Å². The minimum Gasteiger partial charge on any atom is -0.491 e. The van der Waals surface area contributed by atoms with Gasteiger partial charge in [0.05, 0.1) is 12.2 Å². The molecular weight excluding hydrogens is 436 g/mol. The molecule has 0 aliphatic heterocycles. The van der Waals surface area contributed by atoms with Crippen molar-refractivity contribution in [2.24, 2.45) is 5.41 Å². The lowest BCUT2D eigenvalue weighted by atomic mass is 9.69. The van der Waals surface area contributed by atoms with Crippen LogP contribution in [0.3, 0.4) is 0 Å². The second-order valence-electron chi connectivity index (χ2n) is 11.2. The van der Waals surface area contributed by atoms with Gasteiger partial charge in [-0.3, -0.25) is 0 Å². The summed E-state index contributed by atoms with van der Waals surface area (Å²) >= 11 is 0. The molecule has 2 aromatic rings. The number of hydrogen-bond donors (Lipinski definition) is 3. The number of aryl methyl sites for hydroxylation is 3. The standard InChI is InChI=1S/C31H48O4/c1-8-31(9-2,25-14-12-24(22(3)19-25)13-17-29(34)30(5,6)7)26-15-16-28(23(4)20-26)35-21-27(33)11-10-18-32/h12,14-16,19-20,27,29,32-34H,8-11,13,17-18,21H2,1-7H3/t27-,29?/m0/s1. The van der Waals surface area contributed by atoms with E-state index in [1.54, 1.807) is 0 Å². The van der Waals surface area contributed by atoms with Gasteiger partial charge in [-0.25, -0.2) is 0 Å². The van der Waals surface area contributed by atoms with E-state index in [-0.39, 0.29) is 30.1 Å². The molecule has 0 aromatic heterocycles. The Hall–Kier alpha value is -1.88. The lowest BCUT2D eigenvalue weighted by molar-refractivity contribution is 0.0560. The Bertz CT molecular complexity index is 924. The Morgan fingerprint density at radius 3 is 1.97 bits per heavy atom. The lowest BCUT2D eigenvalue weighted by Crippen LogP contribution is -2.27. The van der Waals surface area contributed by atoms with Gasteiger partial charge in [-0.1, -0.05) is 65.0 Å². The molecule has 0 bridgehead atoms. The Morgan fingerprint density at radius 2 is 1.46 bits per heavy atom. The highest BCUT2D eigenvalue weighted by molar-refractivity contribution is 5.47. The van der Waals surface area contributed by atoms with Gasteiger partial charge >= 0.3 is 0 Å². The number of ether oxygens (including phenoxy) is 1. The Morgan fingerprint density at radius 1 is 0.857 bits per heavy atom. The van der Waals surface area contributed by atoms with E-state index in [9.17, 15) is 10.2 Å². The summed E-state index contributed by atoms with van der Waals surface area (Å²) in [5.41, 5.74) is 6.07. The van der Waals surface area contributed by atoms with Crippen molar-refractivity contribution in [2.75, 3.05) is 13.2 Å². The highest BCUT2D eigenvalue weighted by Crippen LogP contribution is 2.41. The largest absolute Gasteiger partial charge is 0.491 e. The first-order valence-electron chi connectivity index (χ1n) is 13.3. The van der Waals surface area contributed by atoms with Gasteiger partial charge < -0.3 is 20.1 Å². The third-order valence-corrected chi connectivity index (χ3v) is 7.64. The first-order chi connectivity index (χ1) is 16.5. The maximum absolute atomic E-state index is 10.5. The normalized spacial score (nSPS) is 14.1. The van der Waals surface area contributed by atoms with Crippen molar-refractivity contribution < 1.29 is 20.1 Å². The predicted octanol–water partition coefficient (Wildman–Crippen LogP) is 6.26. The van der Waals surface area contributed by atoms with Crippen molar-refractivity contribution in [3.63, 3.8) is 0 Å². The van der Waals surface area contributed by atoms with Gasteiger partial charge in [0.2, 0.25) is 0 Å². The van der Waals surface area contributed by atoms with Crippen LogP contribution in [0.2, 0.25) is 0 Å². The third-order valence-electron chi connectivity index (χ3n) is 7.64. The van der Waals surface area contributed by atoms with Crippen LogP contribution in [0.4, 0.5) is 0 Å². The maximum Gasteiger partial charge on any atom is 0.122 e. The molecule has 0 saturated carbocycles. The smallest absolute Gasteiger partial charge is 0.122 e. The molecule has 2 atom stereocenters. The monoisotopic (exact) mass is 484 g/mol. The highest BCUT2D eigenvalue weighted by Gasteiger charge is 2.31. The van der Waals surface area contributed by atoms with Crippen LogP contribution in [0.1, 0.15) is 94.5 Å². The zero-order valence-corrected chi connectivity index (χ0v) is 23.0. The minimum atomic E-state index is -0.572. The molecule has 4 heteroatoms. The molecule has 196 valence electrons. The van der Waals surface area contributed by atoms with Crippen LogP contribution in [-0.4, -0.2) is 40.7 Å². The fourth-order valence-electron chi connectivity index (χ4n) is 4.94. The second kappa shape index (κ2) is 12.9. The third kappa shape index (κ3) is 7.55. The van der Waals surface area contributed by atoms with Crippen molar-refractivity contribution in [2.45, 2.75) is 105 Å². The SMILES string of the molecule is CCC(CC)(c1ccc(CCC(O)C(C)(C)C)c(C)c1)c1ccc(OC[C@@H](O)CCCO)c(C)c1. The van der Waals surface area contributed by atoms with Gasteiger partial charge in [-0.05, 0) is 91.7 Å². The van der Waals surface area contributed by atoms with Crippen LogP contribution < -0.4 is 4.74 Å². The lowest BCUT2D eigenvalue weighted by Gasteiger charge is -2.34. The quantitative estimate of drug-likeness (QED) is 0.314.